The van der Waals surface area contributed by atoms with Crippen LogP contribution < -0.4 is 5.32 Å². The van der Waals surface area contributed by atoms with Crippen LogP contribution >= 0.6 is 0 Å². The maximum Gasteiger partial charge on any atom is 0.416 e. The first-order chi connectivity index (χ1) is 11.3. The van der Waals surface area contributed by atoms with E-state index in [2.05, 4.69) is 15.6 Å². The minimum Gasteiger partial charge on any atom is -0.461 e. The lowest BCUT2D eigenvalue weighted by Gasteiger charge is -2.09. The van der Waals surface area contributed by atoms with Crippen LogP contribution in [0.25, 0.3) is 0 Å². The van der Waals surface area contributed by atoms with E-state index in [4.69, 9.17) is 4.74 Å². The van der Waals surface area contributed by atoms with Crippen LogP contribution in [-0.4, -0.2) is 33.5 Å². The monoisotopic (exact) mass is 342 g/mol. The topological polar surface area (TPSA) is 86.1 Å². The Morgan fingerprint density at radius 2 is 2.08 bits per heavy atom. The molecule has 1 aromatic heterocycles. The van der Waals surface area contributed by atoms with Crippen molar-refractivity contribution in [1.29, 1.82) is 0 Å². The fraction of sp³-hybridized carbons (Fsp3) is 0.286. The Labute approximate surface area is 134 Å². The molecule has 128 valence electrons. The molecule has 0 atom stereocenters. The zero-order valence-corrected chi connectivity index (χ0v) is 12.5. The number of halogens is 3. The van der Waals surface area contributed by atoms with Crippen molar-refractivity contribution in [2.45, 2.75) is 19.6 Å². The smallest absolute Gasteiger partial charge is 0.416 e. The van der Waals surface area contributed by atoms with Gasteiger partial charge in [-0.1, -0.05) is 11.3 Å². The Morgan fingerprint density at radius 3 is 2.75 bits per heavy atom. The summed E-state index contributed by atoms with van der Waals surface area (Å²) in [5.74, 6) is -1.29. The Bertz CT molecular complexity index is 743. The number of amides is 1. The molecule has 1 N–H and O–H groups in total. The molecule has 0 fully saturated rings. The number of benzene rings is 1. The Kier molecular flexibility index (Phi) is 5.17. The van der Waals surface area contributed by atoms with E-state index in [1.165, 1.54) is 18.3 Å². The maximum atomic E-state index is 12.6. The number of ether oxygens (including phenoxy) is 1. The van der Waals surface area contributed by atoms with Crippen molar-refractivity contribution in [3.05, 3.63) is 41.7 Å². The number of rotatable bonds is 5. The minimum absolute atomic E-state index is 0.000515. The van der Waals surface area contributed by atoms with Crippen LogP contribution in [0.1, 0.15) is 23.0 Å². The molecule has 1 amide bonds. The van der Waals surface area contributed by atoms with E-state index in [-0.39, 0.29) is 24.5 Å². The van der Waals surface area contributed by atoms with Gasteiger partial charge in [0.2, 0.25) is 5.91 Å². The predicted molar refractivity (Wildman–Crippen MR) is 76.1 cm³/mol. The molecule has 10 heteroatoms. The summed E-state index contributed by atoms with van der Waals surface area (Å²) in [5.41, 5.74) is -0.935. The number of alkyl halides is 3. The summed E-state index contributed by atoms with van der Waals surface area (Å²) >= 11 is 0. The number of hydrogen-bond donors (Lipinski definition) is 1. The molecule has 1 heterocycles. The SMILES string of the molecule is CCOC(=O)c1cn(CC(=O)Nc2cccc(C(F)(F)F)c2)nn1. The number of esters is 1. The second kappa shape index (κ2) is 7.11. The highest BCUT2D eigenvalue weighted by atomic mass is 19.4. The number of hydrogen-bond acceptors (Lipinski definition) is 5. The second-order valence-corrected chi connectivity index (χ2v) is 4.65. The molecule has 0 bridgehead atoms. The van der Waals surface area contributed by atoms with Crippen molar-refractivity contribution < 1.29 is 27.5 Å². The molecule has 0 radical (unpaired) electrons. The van der Waals surface area contributed by atoms with Gasteiger partial charge in [0.1, 0.15) is 6.54 Å². The summed E-state index contributed by atoms with van der Waals surface area (Å²) in [7, 11) is 0. The molecule has 2 rings (SSSR count). The molecule has 0 aliphatic heterocycles. The quantitative estimate of drug-likeness (QED) is 0.841. The van der Waals surface area contributed by atoms with Crippen molar-refractivity contribution in [2.24, 2.45) is 0 Å². The molecule has 2 aromatic rings. The third-order valence-corrected chi connectivity index (χ3v) is 2.80. The summed E-state index contributed by atoms with van der Waals surface area (Å²) in [4.78, 5) is 23.3. The Morgan fingerprint density at radius 1 is 1.33 bits per heavy atom. The normalized spacial score (nSPS) is 11.2. The van der Waals surface area contributed by atoms with Gasteiger partial charge in [0.25, 0.3) is 0 Å². The van der Waals surface area contributed by atoms with E-state index < -0.39 is 23.6 Å². The molecule has 0 spiro atoms. The number of nitrogens with zero attached hydrogens (tertiary/aromatic N) is 3. The lowest BCUT2D eigenvalue weighted by atomic mass is 10.2. The third-order valence-electron chi connectivity index (χ3n) is 2.80. The second-order valence-electron chi connectivity index (χ2n) is 4.65. The van der Waals surface area contributed by atoms with E-state index in [9.17, 15) is 22.8 Å². The average Bonchev–Trinajstić information content (AvgIpc) is 2.95. The molecular weight excluding hydrogens is 329 g/mol. The minimum atomic E-state index is -4.50. The van der Waals surface area contributed by atoms with Crippen molar-refractivity contribution in [3.8, 4) is 0 Å². The largest absolute Gasteiger partial charge is 0.461 e. The van der Waals surface area contributed by atoms with Crippen LogP contribution in [0.4, 0.5) is 18.9 Å². The first-order valence-electron chi connectivity index (χ1n) is 6.84. The van der Waals surface area contributed by atoms with E-state index in [0.29, 0.717) is 0 Å². The van der Waals surface area contributed by atoms with Crippen molar-refractivity contribution in [3.63, 3.8) is 0 Å². The van der Waals surface area contributed by atoms with Crippen LogP contribution in [0.5, 0.6) is 0 Å². The highest BCUT2D eigenvalue weighted by Crippen LogP contribution is 2.30. The fourth-order valence-corrected chi connectivity index (χ4v) is 1.80. The molecule has 0 saturated heterocycles. The van der Waals surface area contributed by atoms with Crippen LogP contribution in [-0.2, 0) is 22.3 Å². The number of aromatic nitrogens is 3. The zero-order chi connectivity index (χ0) is 17.7. The van der Waals surface area contributed by atoms with E-state index >= 15 is 0 Å². The molecule has 24 heavy (non-hydrogen) atoms. The van der Waals surface area contributed by atoms with Crippen LogP contribution in [0.15, 0.2) is 30.5 Å². The number of carbonyl (C=O) groups excluding carboxylic acids is 2. The maximum absolute atomic E-state index is 12.6. The Balaban J connectivity index is 2.00. The van der Waals surface area contributed by atoms with Gasteiger partial charge in [0.15, 0.2) is 5.69 Å². The average molecular weight is 342 g/mol. The van der Waals surface area contributed by atoms with E-state index in [1.54, 1.807) is 6.92 Å². The molecule has 1 aromatic carbocycles. The Hall–Kier alpha value is -2.91. The van der Waals surface area contributed by atoms with Crippen LogP contribution in [0, 0.1) is 0 Å². The van der Waals surface area contributed by atoms with Gasteiger partial charge in [-0.15, -0.1) is 5.10 Å². The molecule has 0 saturated carbocycles. The van der Waals surface area contributed by atoms with Gasteiger partial charge in [-0.25, -0.2) is 9.48 Å². The van der Waals surface area contributed by atoms with Gasteiger partial charge < -0.3 is 10.1 Å². The number of nitrogens with one attached hydrogen (secondary N) is 1. The summed E-state index contributed by atoms with van der Waals surface area (Å²) in [6, 6.07) is 4.24. The standard InChI is InChI=1S/C14H13F3N4O3/c1-2-24-13(23)11-7-21(20-19-11)8-12(22)18-10-5-3-4-9(6-10)14(15,16)17/h3-7H,2,8H2,1H3,(H,18,22). The summed E-state index contributed by atoms with van der Waals surface area (Å²) in [6.45, 7) is 1.48. The summed E-state index contributed by atoms with van der Waals surface area (Å²) in [6.07, 6.45) is -3.29. The van der Waals surface area contributed by atoms with Gasteiger partial charge in [-0.05, 0) is 25.1 Å². The van der Waals surface area contributed by atoms with Crippen molar-refractivity contribution >= 4 is 17.6 Å². The highest BCUT2D eigenvalue weighted by molar-refractivity contribution is 5.91. The highest BCUT2D eigenvalue weighted by Gasteiger charge is 2.30. The van der Waals surface area contributed by atoms with E-state index in [0.717, 1.165) is 16.8 Å². The zero-order valence-electron chi connectivity index (χ0n) is 12.5. The van der Waals surface area contributed by atoms with Gasteiger partial charge in [-0.2, -0.15) is 13.2 Å². The summed E-state index contributed by atoms with van der Waals surface area (Å²) in [5, 5.41) is 9.46. The first-order valence-corrected chi connectivity index (χ1v) is 6.84. The first kappa shape index (κ1) is 17.4. The van der Waals surface area contributed by atoms with Crippen LogP contribution in [0.2, 0.25) is 0 Å². The lowest BCUT2D eigenvalue weighted by molar-refractivity contribution is -0.137. The third kappa shape index (κ3) is 4.54. The van der Waals surface area contributed by atoms with Crippen molar-refractivity contribution in [2.75, 3.05) is 11.9 Å². The molecular formula is C14H13F3N4O3. The number of anilines is 1. The van der Waals surface area contributed by atoms with Gasteiger partial charge in [0, 0.05) is 5.69 Å². The molecule has 7 nitrogen and oxygen atoms in total. The lowest BCUT2D eigenvalue weighted by Crippen LogP contribution is -2.19. The van der Waals surface area contributed by atoms with Crippen molar-refractivity contribution in [1.82, 2.24) is 15.0 Å². The van der Waals surface area contributed by atoms with E-state index in [1.807, 2.05) is 0 Å². The molecule has 0 unspecified atom stereocenters. The fourth-order valence-electron chi connectivity index (χ4n) is 1.80. The van der Waals surface area contributed by atoms with Gasteiger partial charge in [-0.3, -0.25) is 4.79 Å². The molecule has 0 aliphatic carbocycles. The molecule has 0 aliphatic rings. The van der Waals surface area contributed by atoms with Crippen LogP contribution in [0.3, 0.4) is 0 Å². The predicted octanol–water partition coefficient (Wildman–Crippen LogP) is 2.11. The number of carbonyl (C=O) groups is 2. The summed E-state index contributed by atoms with van der Waals surface area (Å²) < 4.78 is 43.6. The van der Waals surface area contributed by atoms with Gasteiger partial charge in [0.05, 0.1) is 18.4 Å². The van der Waals surface area contributed by atoms with Gasteiger partial charge >= 0.3 is 12.1 Å².